The number of hydrogen-bond acceptors (Lipinski definition) is 3. The topological polar surface area (TPSA) is 38.7 Å². The van der Waals surface area contributed by atoms with E-state index in [1.165, 1.54) is 0 Å². The summed E-state index contributed by atoms with van der Waals surface area (Å²) in [5, 5.41) is 8.84. The normalized spacial score (nSPS) is 34.5. The van der Waals surface area contributed by atoms with Gasteiger partial charge in [0.2, 0.25) is 0 Å². The number of allylic oxidation sites excluding steroid dienone is 1. The van der Waals surface area contributed by atoms with E-state index in [0.29, 0.717) is 6.61 Å². The zero-order valence-electron chi connectivity index (χ0n) is 8.32. The quantitative estimate of drug-likeness (QED) is 0.676. The van der Waals surface area contributed by atoms with Crippen LogP contribution in [0.15, 0.2) is 12.2 Å². The molecule has 0 saturated carbocycles. The first kappa shape index (κ1) is 10.7. The fourth-order valence-corrected chi connectivity index (χ4v) is 1.30. The van der Waals surface area contributed by atoms with Gasteiger partial charge >= 0.3 is 0 Å². The van der Waals surface area contributed by atoms with Crippen LogP contribution >= 0.6 is 0 Å². The molecule has 1 rings (SSSR count). The van der Waals surface area contributed by atoms with Crippen LogP contribution in [0.5, 0.6) is 0 Å². The fourth-order valence-electron chi connectivity index (χ4n) is 1.30. The molecule has 3 heteroatoms. The van der Waals surface area contributed by atoms with E-state index in [0.717, 1.165) is 12.8 Å². The van der Waals surface area contributed by atoms with Crippen molar-refractivity contribution >= 4 is 0 Å². The molecule has 3 nitrogen and oxygen atoms in total. The molecule has 0 bridgehead atoms. The molecule has 1 fully saturated rings. The minimum absolute atomic E-state index is 0.0250. The Hall–Kier alpha value is -0.380. The Morgan fingerprint density at radius 2 is 2.38 bits per heavy atom. The Balaban J connectivity index is 2.39. The lowest BCUT2D eigenvalue weighted by molar-refractivity contribution is -0.118. The van der Waals surface area contributed by atoms with Crippen LogP contribution in [-0.4, -0.2) is 30.2 Å². The van der Waals surface area contributed by atoms with E-state index >= 15 is 0 Å². The molecule has 0 aliphatic carbocycles. The predicted molar refractivity (Wildman–Crippen MR) is 50.4 cm³/mol. The minimum atomic E-state index is -0.622. The molecule has 1 heterocycles. The third kappa shape index (κ3) is 3.10. The van der Waals surface area contributed by atoms with Crippen LogP contribution in [0, 0.1) is 0 Å². The number of unbranched alkanes of at least 4 members (excludes halogenated alkanes) is 1. The van der Waals surface area contributed by atoms with Crippen molar-refractivity contribution < 1.29 is 14.6 Å². The van der Waals surface area contributed by atoms with Gasteiger partial charge in [0.05, 0.1) is 13.2 Å². The first-order valence-corrected chi connectivity index (χ1v) is 4.80. The molecule has 1 N–H and O–H groups in total. The second-order valence-corrected chi connectivity index (χ2v) is 3.44. The van der Waals surface area contributed by atoms with E-state index in [4.69, 9.17) is 14.6 Å². The Labute approximate surface area is 79.3 Å². The standard InChI is InChI=1S/C10H18O3/c1-3-4-5-6-10(2)12-8-9(7-11)13-10/h5-6,9,11H,3-4,7-8H2,1-2H3. The first-order valence-electron chi connectivity index (χ1n) is 4.80. The van der Waals surface area contributed by atoms with Crippen LogP contribution in [0.2, 0.25) is 0 Å². The van der Waals surface area contributed by atoms with Gasteiger partial charge in [-0.05, 0) is 19.4 Å². The Kier molecular flexibility index (Phi) is 3.90. The molecule has 76 valence electrons. The molecule has 0 spiro atoms. The largest absolute Gasteiger partial charge is 0.394 e. The lowest BCUT2D eigenvalue weighted by atomic mass is 10.2. The second-order valence-electron chi connectivity index (χ2n) is 3.44. The summed E-state index contributed by atoms with van der Waals surface area (Å²) >= 11 is 0. The van der Waals surface area contributed by atoms with Crippen molar-refractivity contribution in [3.05, 3.63) is 12.2 Å². The van der Waals surface area contributed by atoms with Gasteiger partial charge in [-0.25, -0.2) is 0 Å². The van der Waals surface area contributed by atoms with Crippen molar-refractivity contribution in [3.63, 3.8) is 0 Å². The van der Waals surface area contributed by atoms with E-state index in [1.807, 2.05) is 13.0 Å². The van der Waals surface area contributed by atoms with Crippen LogP contribution < -0.4 is 0 Å². The predicted octanol–water partition coefficient (Wildman–Crippen LogP) is 1.47. The van der Waals surface area contributed by atoms with E-state index < -0.39 is 5.79 Å². The number of ether oxygens (including phenoxy) is 2. The summed E-state index contributed by atoms with van der Waals surface area (Å²) in [5.74, 6) is -0.622. The SMILES string of the molecule is CCCC=CC1(C)OCC(CO)O1. The Bertz CT molecular complexity index is 179. The molecular weight excluding hydrogens is 168 g/mol. The van der Waals surface area contributed by atoms with Crippen molar-refractivity contribution in [2.75, 3.05) is 13.2 Å². The number of aliphatic hydroxyl groups excluding tert-OH is 1. The smallest absolute Gasteiger partial charge is 0.185 e. The van der Waals surface area contributed by atoms with Crippen molar-refractivity contribution in [1.29, 1.82) is 0 Å². The number of hydrogen-bond donors (Lipinski definition) is 1. The first-order chi connectivity index (χ1) is 6.20. The molecule has 1 aliphatic heterocycles. The summed E-state index contributed by atoms with van der Waals surface area (Å²) < 4.78 is 10.9. The lowest BCUT2D eigenvalue weighted by Gasteiger charge is -2.18. The zero-order chi connectivity index (χ0) is 9.73. The summed E-state index contributed by atoms with van der Waals surface area (Å²) in [6, 6.07) is 0. The molecule has 0 aromatic carbocycles. The Morgan fingerprint density at radius 1 is 1.62 bits per heavy atom. The monoisotopic (exact) mass is 186 g/mol. The molecule has 2 atom stereocenters. The maximum absolute atomic E-state index is 8.84. The van der Waals surface area contributed by atoms with Gasteiger partial charge in [-0.1, -0.05) is 19.4 Å². The van der Waals surface area contributed by atoms with Crippen LogP contribution in [0.3, 0.4) is 0 Å². The zero-order valence-corrected chi connectivity index (χ0v) is 8.32. The molecule has 0 aromatic rings. The van der Waals surface area contributed by atoms with Crippen LogP contribution in [-0.2, 0) is 9.47 Å². The molecule has 1 saturated heterocycles. The number of rotatable bonds is 4. The molecule has 0 amide bonds. The van der Waals surface area contributed by atoms with Crippen LogP contribution in [0.1, 0.15) is 26.7 Å². The lowest BCUT2D eigenvalue weighted by Crippen LogP contribution is -2.24. The third-order valence-electron chi connectivity index (χ3n) is 2.04. The summed E-state index contributed by atoms with van der Waals surface area (Å²) in [5.41, 5.74) is 0. The highest BCUT2D eigenvalue weighted by Crippen LogP contribution is 2.24. The van der Waals surface area contributed by atoms with E-state index in [9.17, 15) is 0 Å². The summed E-state index contributed by atoms with van der Waals surface area (Å²) in [6.07, 6.45) is 5.96. The highest BCUT2D eigenvalue weighted by molar-refractivity contribution is 4.96. The highest BCUT2D eigenvalue weighted by Gasteiger charge is 2.34. The molecule has 0 radical (unpaired) electrons. The van der Waals surface area contributed by atoms with E-state index in [2.05, 4.69) is 13.0 Å². The number of aliphatic hydroxyl groups is 1. The minimum Gasteiger partial charge on any atom is -0.394 e. The summed E-state index contributed by atoms with van der Waals surface area (Å²) in [6.45, 7) is 4.50. The van der Waals surface area contributed by atoms with Crippen molar-refractivity contribution in [2.24, 2.45) is 0 Å². The van der Waals surface area contributed by atoms with Gasteiger partial charge in [-0.15, -0.1) is 0 Å². The third-order valence-corrected chi connectivity index (χ3v) is 2.04. The average molecular weight is 186 g/mol. The maximum Gasteiger partial charge on any atom is 0.185 e. The molecule has 2 unspecified atom stereocenters. The summed E-state index contributed by atoms with van der Waals surface area (Å²) in [7, 11) is 0. The van der Waals surface area contributed by atoms with Crippen LogP contribution in [0.4, 0.5) is 0 Å². The molecule has 1 aliphatic rings. The van der Waals surface area contributed by atoms with E-state index in [1.54, 1.807) is 0 Å². The van der Waals surface area contributed by atoms with Crippen molar-refractivity contribution in [2.45, 2.75) is 38.6 Å². The molecule has 13 heavy (non-hydrogen) atoms. The second kappa shape index (κ2) is 4.74. The van der Waals surface area contributed by atoms with Gasteiger partial charge in [0.1, 0.15) is 6.10 Å². The highest BCUT2D eigenvalue weighted by atomic mass is 16.7. The van der Waals surface area contributed by atoms with Gasteiger partial charge in [-0.2, -0.15) is 0 Å². The Morgan fingerprint density at radius 3 is 2.92 bits per heavy atom. The van der Waals surface area contributed by atoms with E-state index in [-0.39, 0.29) is 12.7 Å². The van der Waals surface area contributed by atoms with Crippen LogP contribution in [0.25, 0.3) is 0 Å². The fraction of sp³-hybridized carbons (Fsp3) is 0.800. The van der Waals surface area contributed by atoms with Gasteiger partial charge in [-0.3, -0.25) is 0 Å². The average Bonchev–Trinajstić information content (AvgIpc) is 2.49. The summed E-state index contributed by atoms with van der Waals surface area (Å²) in [4.78, 5) is 0. The van der Waals surface area contributed by atoms with Gasteiger partial charge in [0.25, 0.3) is 0 Å². The van der Waals surface area contributed by atoms with Crippen molar-refractivity contribution in [1.82, 2.24) is 0 Å². The van der Waals surface area contributed by atoms with Gasteiger partial charge in [0.15, 0.2) is 5.79 Å². The molecule has 0 aromatic heterocycles. The van der Waals surface area contributed by atoms with Gasteiger partial charge < -0.3 is 14.6 Å². The molecular formula is C10H18O3. The van der Waals surface area contributed by atoms with Gasteiger partial charge in [0, 0.05) is 0 Å². The van der Waals surface area contributed by atoms with Crippen molar-refractivity contribution in [3.8, 4) is 0 Å². The maximum atomic E-state index is 8.84.